The number of hydrogen-bond donors (Lipinski definition) is 2. The third-order valence-electron chi connectivity index (χ3n) is 8.62. The number of rotatable bonds is 10. The summed E-state index contributed by atoms with van der Waals surface area (Å²) in [5.74, 6) is 0.200. The van der Waals surface area contributed by atoms with Crippen LogP contribution in [-0.4, -0.2) is 55.0 Å². The second-order valence-corrected chi connectivity index (χ2v) is 12.9. The van der Waals surface area contributed by atoms with E-state index in [9.17, 15) is 9.59 Å². The first-order chi connectivity index (χ1) is 17.8. The molecule has 6 atom stereocenters. The highest BCUT2D eigenvalue weighted by Gasteiger charge is 2.68. The molecule has 2 bridgehead atoms. The highest BCUT2D eigenvalue weighted by Crippen LogP contribution is 2.65. The van der Waals surface area contributed by atoms with Crippen LogP contribution < -0.4 is 10.6 Å². The van der Waals surface area contributed by atoms with Crippen LogP contribution in [0.1, 0.15) is 79.7 Å². The van der Waals surface area contributed by atoms with E-state index in [0.29, 0.717) is 24.9 Å². The molecule has 0 spiro atoms. The van der Waals surface area contributed by atoms with E-state index < -0.39 is 36.4 Å². The fourth-order valence-electron chi connectivity index (χ4n) is 6.43. The molecular formula is C29H45BN2O6. The zero-order valence-corrected chi connectivity index (χ0v) is 24.0. The van der Waals surface area contributed by atoms with Gasteiger partial charge in [0.2, 0.25) is 5.91 Å². The Kier molecular flexibility index (Phi) is 8.50. The number of hydrogen-bond acceptors (Lipinski definition) is 6. The number of nitrogens with one attached hydrogen (secondary N) is 2. The van der Waals surface area contributed by atoms with E-state index in [1.807, 2.05) is 37.3 Å². The average molecular weight is 528 g/mol. The van der Waals surface area contributed by atoms with Crippen molar-refractivity contribution in [2.24, 2.45) is 17.3 Å². The highest BCUT2D eigenvalue weighted by atomic mass is 16.7. The molecule has 4 aliphatic rings. The minimum Gasteiger partial charge on any atom is -0.444 e. The molecule has 8 nitrogen and oxygen atoms in total. The molecule has 2 amide bonds. The Balaban J connectivity index is 1.46. The summed E-state index contributed by atoms with van der Waals surface area (Å²) >= 11 is 0. The molecule has 1 heterocycles. The monoisotopic (exact) mass is 528 g/mol. The topological polar surface area (TPSA) is 95.1 Å². The van der Waals surface area contributed by atoms with Crippen molar-refractivity contribution >= 4 is 19.1 Å². The fraction of sp³-hybridized carbons (Fsp3) is 0.724. The highest BCUT2D eigenvalue weighted by molar-refractivity contribution is 6.48. The van der Waals surface area contributed by atoms with Gasteiger partial charge >= 0.3 is 13.2 Å². The van der Waals surface area contributed by atoms with Crippen LogP contribution in [0.5, 0.6) is 0 Å². The smallest absolute Gasteiger partial charge is 0.444 e. The summed E-state index contributed by atoms with van der Waals surface area (Å²) in [4.78, 5) is 25.9. The maximum Gasteiger partial charge on any atom is 0.484 e. The molecule has 0 aromatic heterocycles. The summed E-state index contributed by atoms with van der Waals surface area (Å²) in [5.41, 5.74) is 0.208. The van der Waals surface area contributed by atoms with Crippen molar-refractivity contribution in [1.82, 2.24) is 10.6 Å². The molecular weight excluding hydrogens is 483 g/mol. The van der Waals surface area contributed by atoms with Gasteiger partial charge in [0, 0.05) is 0 Å². The van der Waals surface area contributed by atoms with Crippen LogP contribution in [0.2, 0.25) is 0 Å². The Labute approximate surface area is 228 Å². The lowest BCUT2D eigenvalue weighted by Gasteiger charge is -2.64. The van der Waals surface area contributed by atoms with Crippen LogP contribution in [0.25, 0.3) is 0 Å². The van der Waals surface area contributed by atoms with E-state index in [1.54, 1.807) is 20.8 Å². The molecule has 0 radical (unpaired) electrons. The van der Waals surface area contributed by atoms with Crippen molar-refractivity contribution < 1.29 is 28.4 Å². The van der Waals surface area contributed by atoms with Crippen molar-refractivity contribution in [3.63, 3.8) is 0 Å². The van der Waals surface area contributed by atoms with Crippen molar-refractivity contribution in [2.45, 2.75) is 110 Å². The minimum absolute atomic E-state index is 0.0101. The molecule has 3 saturated carbocycles. The first-order valence-electron chi connectivity index (χ1n) is 14.1. The minimum atomic E-state index is -0.738. The van der Waals surface area contributed by atoms with Gasteiger partial charge in [-0.3, -0.25) is 4.79 Å². The predicted molar refractivity (Wildman–Crippen MR) is 146 cm³/mol. The van der Waals surface area contributed by atoms with Crippen molar-refractivity contribution in [3.05, 3.63) is 35.9 Å². The third kappa shape index (κ3) is 6.21. The SMILES string of the molecule is CCC[C@@H](NC(=O)OC(C)(C)C)C(=O)N[C@@H](COCc1ccccc1)B1O[C@@H]2C[C@@H]3C[C@@H](C3(C)C)[C@]2(C)O1. The van der Waals surface area contributed by atoms with E-state index >= 15 is 0 Å². The molecule has 1 aromatic rings. The van der Waals surface area contributed by atoms with Crippen LogP contribution >= 0.6 is 0 Å². The normalized spacial score (nSPS) is 29.0. The van der Waals surface area contributed by atoms with Crippen LogP contribution in [-0.2, 0) is 30.2 Å². The summed E-state index contributed by atoms with van der Waals surface area (Å²) in [7, 11) is -0.635. The van der Waals surface area contributed by atoms with Crippen LogP contribution in [0.3, 0.4) is 0 Å². The molecule has 0 unspecified atom stereocenters. The van der Waals surface area contributed by atoms with Crippen LogP contribution in [0.15, 0.2) is 30.3 Å². The van der Waals surface area contributed by atoms with E-state index in [4.69, 9.17) is 18.8 Å². The van der Waals surface area contributed by atoms with E-state index in [1.165, 1.54) is 0 Å². The average Bonchev–Trinajstić information content (AvgIpc) is 3.19. The number of amides is 2. The maximum absolute atomic E-state index is 13.5. The van der Waals surface area contributed by atoms with E-state index in [0.717, 1.165) is 24.8 Å². The molecule has 38 heavy (non-hydrogen) atoms. The van der Waals surface area contributed by atoms with Gasteiger partial charge in [-0.05, 0) is 69.8 Å². The lowest BCUT2D eigenvalue weighted by Crippen LogP contribution is -2.65. The standard InChI is InChI=1S/C29H45BN2O6/c1-8-12-21(31-26(34)36-27(2,3)4)25(33)32-24(18-35-17-19-13-10-9-11-14-19)30-37-23-16-20-15-22(28(20,5)6)29(23,7)38-30/h9-11,13-14,20-24H,8,12,15-18H2,1-7H3,(H,31,34)(H,32,33)/t20-,21+,22-,23+,24-,29-/m0/s1. The van der Waals surface area contributed by atoms with Gasteiger partial charge in [-0.15, -0.1) is 0 Å². The van der Waals surface area contributed by atoms with Gasteiger partial charge in [0.15, 0.2) is 0 Å². The summed E-state index contributed by atoms with van der Waals surface area (Å²) in [6.07, 6.45) is 2.68. The molecule has 4 fully saturated rings. The molecule has 1 saturated heterocycles. The third-order valence-corrected chi connectivity index (χ3v) is 8.62. The van der Waals surface area contributed by atoms with Crippen molar-refractivity contribution in [2.75, 3.05) is 6.61 Å². The number of carbonyl (C=O) groups is 2. The Morgan fingerprint density at radius 1 is 1.13 bits per heavy atom. The number of ether oxygens (including phenoxy) is 2. The van der Waals surface area contributed by atoms with Gasteiger partial charge in [-0.2, -0.15) is 0 Å². The Morgan fingerprint density at radius 3 is 2.47 bits per heavy atom. The zero-order chi connectivity index (χ0) is 27.7. The Hall–Kier alpha value is -2.10. The molecule has 1 aromatic carbocycles. The van der Waals surface area contributed by atoms with E-state index in [2.05, 4.69) is 31.4 Å². The molecule has 9 heteroatoms. The largest absolute Gasteiger partial charge is 0.484 e. The fourth-order valence-corrected chi connectivity index (χ4v) is 6.43. The van der Waals surface area contributed by atoms with Gasteiger partial charge in [0.1, 0.15) is 11.6 Å². The van der Waals surface area contributed by atoms with E-state index in [-0.39, 0.29) is 24.0 Å². The van der Waals surface area contributed by atoms with Gasteiger partial charge in [-0.1, -0.05) is 57.5 Å². The second-order valence-electron chi connectivity index (χ2n) is 12.9. The summed E-state index contributed by atoms with van der Waals surface area (Å²) in [6.45, 7) is 14.8. The number of carbonyl (C=O) groups excluding carboxylic acids is 2. The van der Waals surface area contributed by atoms with Gasteiger partial charge < -0.3 is 29.4 Å². The summed E-state index contributed by atoms with van der Waals surface area (Å²) in [6, 6.07) is 9.17. The van der Waals surface area contributed by atoms with Crippen LogP contribution in [0, 0.1) is 17.3 Å². The molecule has 2 N–H and O–H groups in total. The predicted octanol–water partition coefficient (Wildman–Crippen LogP) is 4.65. The van der Waals surface area contributed by atoms with Crippen molar-refractivity contribution in [3.8, 4) is 0 Å². The number of alkyl carbamates (subject to hydrolysis) is 1. The second kappa shape index (κ2) is 11.2. The lowest BCUT2D eigenvalue weighted by atomic mass is 9.43. The summed E-state index contributed by atoms with van der Waals surface area (Å²) < 4.78 is 24.6. The first-order valence-corrected chi connectivity index (χ1v) is 14.1. The molecule has 210 valence electrons. The molecule has 5 rings (SSSR count). The maximum atomic E-state index is 13.5. The Bertz CT molecular complexity index is 983. The van der Waals surface area contributed by atoms with Gasteiger partial charge in [0.25, 0.3) is 0 Å². The number of benzene rings is 1. The molecule has 3 aliphatic carbocycles. The van der Waals surface area contributed by atoms with Crippen molar-refractivity contribution in [1.29, 1.82) is 0 Å². The zero-order valence-electron chi connectivity index (χ0n) is 24.0. The Morgan fingerprint density at radius 2 is 1.84 bits per heavy atom. The first kappa shape index (κ1) is 28.9. The molecule has 1 aliphatic heterocycles. The quantitative estimate of drug-likeness (QED) is 0.430. The van der Waals surface area contributed by atoms with Gasteiger partial charge in [-0.25, -0.2) is 4.79 Å². The van der Waals surface area contributed by atoms with Crippen LogP contribution in [0.4, 0.5) is 4.79 Å². The summed E-state index contributed by atoms with van der Waals surface area (Å²) in [5, 5.41) is 5.83. The lowest BCUT2D eigenvalue weighted by molar-refractivity contribution is -0.199. The van der Waals surface area contributed by atoms with Gasteiger partial charge in [0.05, 0.1) is 30.9 Å².